The number of thiophene rings is 1. The molecule has 1 amide bonds. The van der Waals surface area contributed by atoms with E-state index in [9.17, 15) is 9.90 Å². The minimum atomic E-state index is -0.0736. The van der Waals surface area contributed by atoms with Crippen LogP contribution in [0.3, 0.4) is 0 Å². The zero-order valence-electron chi connectivity index (χ0n) is 10.8. The largest absolute Gasteiger partial charge is 0.397 e. The summed E-state index contributed by atoms with van der Waals surface area (Å²) in [5, 5.41) is 10.3. The van der Waals surface area contributed by atoms with Crippen molar-refractivity contribution in [3.63, 3.8) is 0 Å². The number of nitrogens with zero attached hydrogens (tertiary/aromatic N) is 1. The zero-order chi connectivity index (χ0) is 14.3. The van der Waals surface area contributed by atoms with Crippen molar-refractivity contribution in [2.45, 2.75) is 18.9 Å². The van der Waals surface area contributed by atoms with Crippen LogP contribution in [0, 0.1) is 0 Å². The third-order valence-electron chi connectivity index (χ3n) is 3.74. The minimum absolute atomic E-state index is 0.0141. The second kappa shape index (κ2) is 5.35. The number of nitrogens with two attached hydrogens (primary N) is 1. The number of aliphatic hydroxyl groups excluding tert-OH is 1. The van der Waals surface area contributed by atoms with E-state index < -0.39 is 0 Å². The maximum atomic E-state index is 12.6. The normalized spacial score (nSPS) is 18.9. The lowest BCUT2D eigenvalue weighted by molar-refractivity contribution is 0.0683. The molecule has 1 aromatic heterocycles. The van der Waals surface area contributed by atoms with Crippen molar-refractivity contribution in [2.24, 2.45) is 0 Å². The molecule has 6 heteroatoms. The summed E-state index contributed by atoms with van der Waals surface area (Å²) in [6, 6.07) is 5.75. The highest BCUT2D eigenvalue weighted by atomic mass is 79.9. The molecule has 1 aliphatic rings. The Morgan fingerprint density at radius 3 is 3.05 bits per heavy atom. The van der Waals surface area contributed by atoms with Crippen LogP contribution in [0.5, 0.6) is 0 Å². The molecule has 1 atom stereocenters. The molecular weight excluding hydrogens is 340 g/mol. The van der Waals surface area contributed by atoms with Gasteiger partial charge in [0.15, 0.2) is 0 Å². The first-order valence-electron chi connectivity index (χ1n) is 6.51. The Kier molecular flexibility index (Phi) is 3.70. The first-order valence-corrected chi connectivity index (χ1v) is 8.12. The Morgan fingerprint density at radius 1 is 1.55 bits per heavy atom. The van der Waals surface area contributed by atoms with Gasteiger partial charge in [0.25, 0.3) is 5.91 Å². The van der Waals surface area contributed by atoms with Crippen LogP contribution in [0.4, 0.5) is 5.69 Å². The number of carbonyl (C=O) groups excluding carboxylic acids is 1. The van der Waals surface area contributed by atoms with Gasteiger partial charge in [-0.05, 0) is 25.0 Å². The van der Waals surface area contributed by atoms with Gasteiger partial charge in [-0.3, -0.25) is 4.79 Å². The van der Waals surface area contributed by atoms with Gasteiger partial charge < -0.3 is 15.7 Å². The number of amides is 1. The Labute approximate surface area is 129 Å². The Morgan fingerprint density at radius 2 is 2.35 bits per heavy atom. The SMILES string of the molecule is Nc1c(C(=O)N2CCCC2CO)sc2cccc(Br)c12. The maximum Gasteiger partial charge on any atom is 0.266 e. The molecule has 1 saturated heterocycles. The number of halogens is 1. The molecule has 3 rings (SSSR count). The van der Waals surface area contributed by atoms with E-state index in [1.807, 2.05) is 18.2 Å². The molecule has 0 radical (unpaired) electrons. The molecule has 2 heterocycles. The van der Waals surface area contributed by atoms with Crippen molar-refractivity contribution in [3.05, 3.63) is 27.5 Å². The summed E-state index contributed by atoms with van der Waals surface area (Å²) >= 11 is 4.90. The lowest BCUT2D eigenvalue weighted by Gasteiger charge is -2.22. The molecule has 1 aliphatic heterocycles. The van der Waals surface area contributed by atoms with Gasteiger partial charge in [0.2, 0.25) is 0 Å². The Hall–Kier alpha value is -1.11. The topological polar surface area (TPSA) is 66.6 Å². The molecule has 0 spiro atoms. The van der Waals surface area contributed by atoms with Crippen molar-refractivity contribution in [2.75, 3.05) is 18.9 Å². The van der Waals surface area contributed by atoms with E-state index in [1.54, 1.807) is 4.90 Å². The smallest absolute Gasteiger partial charge is 0.266 e. The highest BCUT2D eigenvalue weighted by Gasteiger charge is 2.31. The van der Waals surface area contributed by atoms with Crippen molar-refractivity contribution in [1.82, 2.24) is 4.90 Å². The number of anilines is 1. The van der Waals surface area contributed by atoms with Crippen LogP contribution in [0.15, 0.2) is 22.7 Å². The number of carbonyl (C=O) groups is 1. The van der Waals surface area contributed by atoms with E-state index in [4.69, 9.17) is 5.73 Å². The van der Waals surface area contributed by atoms with Crippen LogP contribution in [0.1, 0.15) is 22.5 Å². The quantitative estimate of drug-likeness (QED) is 0.871. The number of aliphatic hydroxyl groups is 1. The van der Waals surface area contributed by atoms with Crippen molar-refractivity contribution < 1.29 is 9.90 Å². The van der Waals surface area contributed by atoms with E-state index >= 15 is 0 Å². The molecule has 4 nitrogen and oxygen atoms in total. The van der Waals surface area contributed by atoms with Gasteiger partial charge >= 0.3 is 0 Å². The third-order valence-corrected chi connectivity index (χ3v) is 5.56. The second-order valence-electron chi connectivity index (χ2n) is 4.94. The van der Waals surface area contributed by atoms with Crippen LogP contribution in [-0.4, -0.2) is 35.1 Å². The molecule has 2 aromatic rings. The van der Waals surface area contributed by atoms with Crippen molar-refractivity contribution in [3.8, 4) is 0 Å². The van der Waals surface area contributed by atoms with Gasteiger partial charge in [-0.25, -0.2) is 0 Å². The fraction of sp³-hybridized carbons (Fsp3) is 0.357. The summed E-state index contributed by atoms with van der Waals surface area (Å²) in [5.74, 6) is -0.0628. The average molecular weight is 355 g/mol. The van der Waals surface area contributed by atoms with Crippen LogP contribution in [-0.2, 0) is 0 Å². The Bertz CT molecular complexity index is 670. The lowest BCUT2D eigenvalue weighted by Crippen LogP contribution is -2.37. The average Bonchev–Trinajstić information content (AvgIpc) is 3.03. The third kappa shape index (κ3) is 2.12. The van der Waals surface area contributed by atoms with Gasteiger partial charge in [-0.15, -0.1) is 11.3 Å². The van der Waals surface area contributed by atoms with E-state index in [0.29, 0.717) is 17.1 Å². The van der Waals surface area contributed by atoms with Gasteiger partial charge in [-0.2, -0.15) is 0 Å². The number of nitrogen functional groups attached to an aromatic ring is 1. The molecule has 1 unspecified atom stereocenters. The van der Waals surface area contributed by atoms with Gasteiger partial charge in [0.05, 0.1) is 18.3 Å². The highest BCUT2D eigenvalue weighted by molar-refractivity contribution is 9.10. The number of hydrogen-bond acceptors (Lipinski definition) is 4. The molecule has 0 saturated carbocycles. The lowest BCUT2D eigenvalue weighted by atomic mass is 10.2. The summed E-state index contributed by atoms with van der Waals surface area (Å²) in [6.45, 7) is 0.707. The summed E-state index contributed by atoms with van der Waals surface area (Å²) in [6.07, 6.45) is 1.79. The Balaban J connectivity index is 2.04. The standard InChI is InChI=1S/C14H15BrN2O2S/c15-9-4-1-5-10-11(9)12(16)13(20-10)14(19)17-6-2-3-8(17)7-18/h1,4-5,8,18H,2-3,6-7,16H2. The van der Waals surface area contributed by atoms with E-state index in [0.717, 1.165) is 27.4 Å². The van der Waals surface area contributed by atoms with E-state index in [-0.39, 0.29) is 18.6 Å². The molecule has 1 aromatic carbocycles. The second-order valence-corrected chi connectivity index (χ2v) is 6.84. The molecule has 3 N–H and O–H groups in total. The van der Waals surface area contributed by atoms with Crippen LogP contribution in [0.2, 0.25) is 0 Å². The molecule has 0 bridgehead atoms. The van der Waals surface area contributed by atoms with Crippen LogP contribution >= 0.6 is 27.3 Å². The number of hydrogen-bond donors (Lipinski definition) is 2. The predicted octanol–water partition coefficient (Wildman–Crippen LogP) is 2.84. The van der Waals surface area contributed by atoms with Gasteiger partial charge in [0, 0.05) is 21.1 Å². The minimum Gasteiger partial charge on any atom is -0.397 e. The zero-order valence-corrected chi connectivity index (χ0v) is 13.2. The molecule has 0 aliphatic carbocycles. The van der Waals surface area contributed by atoms with E-state index in [1.165, 1.54) is 11.3 Å². The number of likely N-dealkylation sites (tertiary alicyclic amines) is 1. The molecule has 106 valence electrons. The molecule has 20 heavy (non-hydrogen) atoms. The number of rotatable bonds is 2. The summed E-state index contributed by atoms with van der Waals surface area (Å²) < 4.78 is 1.91. The highest BCUT2D eigenvalue weighted by Crippen LogP contribution is 2.39. The first-order chi connectivity index (χ1) is 9.63. The number of fused-ring (bicyclic) bond motifs is 1. The summed E-state index contributed by atoms with van der Waals surface area (Å²) in [5.41, 5.74) is 6.70. The van der Waals surface area contributed by atoms with Crippen molar-refractivity contribution >= 4 is 48.9 Å². The molecular formula is C14H15BrN2O2S. The molecule has 1 fully saturated rings. The number of benzene rings is 1. The van der Waals surface area contributed by atoms with Crippen molar-refractivity contribution in [1.29, 1.82) is 0 Å². The first kappa shape index (κ1) is 13.9. The predicted molar refractivity (Wildman–Crippen MR) is 85.1 cm³/mol. The summed E-state index contributed by atoms with van der Waals surface area (Å²) in [4.78, 5) is 15.0. The van der Waals surface area contributed by atoms with Crippen LogP contribution in [0.25, 0.3) is 10.1 Å². The monoisotopic (exact) mass is 354 g/mol. The maximum absolute atomic E-state index is 12.6. The fourth-order valence-electron chi connectivity index (χ4n) is 2.71. The van der Waals surface area contributed by atoms with Gasteiger partial charge in [0.1, 0.15) is 4.88 Å². The van der Waals surface area contributed by atoms with Crippen LogP contribution < -0.4 is 5.73 Å². The van der Waals surface area contributed by atoms with E-state index in [2.05, 4.69) is 15.9 Å². The summed E-state index contributed by atoms with van der Waals surface area (Å²) in [7, 11) is 0. The van der Waals surface area contributed by atoms with Gasteiger partial charge in [-0.1, -0.05) is 22.0 Å². The fourth-order valence-corrected chi connectivity index (χ4v) is 4.53.